The Morgan fingerprint density at radius 1 is 0.920 bits per heavy atom. The van der Waals surface area contributed by atoms with Crippen molar-refractivity contribution in [2.45, 2.75) is 50.9 Å². The summed E-state index contributed by atoms with van der Waals surface area (Å²) >= 11 is 0. The van der Waals surface area contributed by atoms with Crippen molar-refractivity contribution in [1.82, 2.24) is 0 Å². The fourth-order valence-corrected chi connectivity index (χ4v) is 5.27. The van der Waals surface area contributed by atoms with Gasteiger partial charge in [0, 0.05) is 11.8 Å². The molecule has 0 bridgehead atoms. The molecule has 0 heterocycles. The van der Waals surface area contributed by atoms with Crippen LogP contribution in [0.3, 0.4) is 0 Å². The summed E-state index contributed by atoms with van der Waals surface area (Å²) in [5.74, 6) is 2.12. The van der Waals surface area contributed by atoms with E-state index in [1.165, 1.54) is 43.2 Å². The van der Waals surface area contributed by atoms with Gasteiger partial charge in [-0.2, -0.15) is 0 Å². The maximum atomic E-state index is 2.43. The summed E-state index contributed by atoms with van der Waals surface area (Å²) < 4.78 is 0. The first-order valence-corrected chi connectivity index (χ1v) is 9.93. The van der Waals surface area contributed by atoms with E-state index in [0.717, 1.165) is 5.92 Å². The van der Waals surface area contributed by atoms with Crippen molar-refractivity contribution in [3.8, 4) is 0 Å². The van der Waals surface area contributed by atoms with Crippen molar-refractivity contribution >= 4 is 11.6 Å². The molecular weight excluding hydrogens is 300 g/mol. The number of fused-ring (bicyclic) bond motifs is 3. The van der Waals surface area contributed by atoms with E-state index in [-0.39, 0.29) is 0 Å². The third-order valence-corrected chi connectivity index (χ3v) is 6.75. The van der Waals surface area contributed by atoms with Crippen LogP contribution in [0.25, 0.3) is 11.6 Å². The Morgan fingerprint density at radius 3 is 2.52 bits per heavy atom. The molecule has 0 aromatic heterocycles. The standard InChI is InChI=1S/C25H26/c1-2-17(15-19-12-11-18-7-3-4-8-20(18)19)16-25-22-10-6-5-9-21(22)23-13-14-24(23)25/h3-12,17,19,25H,2,13-16H2,1H3. The maximum Gasteiger partial charge on any atom is 0.00629 e. The predicted molar refractivity (Wildman–Crippen MR) is 107 cm³/mol. The molecule has 3 aliphatic carbocycles. The molecule has 3 atom stereocenters. The van der Waals surface area contributed by atoms with Gasteiger partial charge in [-0.1, -0.05) is 79.6 Å². The zero-order valence-corrected chi connectivity index (χ0v) is 15.0. The van der Waals surface area contributed by atoms with Gasteiger partial charge in [0.2, 0.25) is 0 Å². The van der Waals surface area contributed by atoms with E-state index >= 15 is 0 Å². The molecule has 0 saturated carbocycles. The van der Waals surface area contributed by atoms with Crippen molar-refractivity contribution in [1.29, 1.82) is 0 Å². The summed E-state index contributed by atoms with van der Waals surface area (Å²) in [6.45, 7) is 2.38. The minimum Gasteiger partial charge on any atom is -0.0764 e. The topological polar surface area (TPSA) is 0 Å². The molecule has 0 nitrogen and oxygen atoms in total. The van der Waals surface area contributed by atoms with Gasteiger partial charge in [0.05, 0.1) is 0 Å². The van der Waals surface area contributed by atoms with E-state index in [1.54, 1.807) is 22.3 Å². The van der Waals surface area contributed by atoms with Crippen molar-refractivity contribution in [3.05, 3.63) is 82.4 Å². The third kappa shape index (κ3) is 2.42. The lowest BCUT2D eigenvalue weighted by Gasteiger charge is -2.27. The van der Waals surface area contributed by atoms with Crippen molar-refractivity contribution in [2.75, 3.05) is 0 Å². The Balaban J connectivity index is 1.36. The smallest absolute Gasteiger partial charge is 0.00629 e. The minimum atomic E-state index is 0.618. The summed E-state index contributed by atoms with van der Waals surface area (Å²) in [5.41, 5.74) is 9.60. The molecule has 0 N–H and O–H groups in total. The van der Waals surface area contributed by atoms with E-state index < -0.39 is 0 Å². The van der Waals surface area contributed by atoms with E-state index in [2.05, 4.69) is 67.6 Å². The second-order valence-corrected chi connectivity index (χ2v) is 7.98. The lowest BCUT2D eigenvalue weighted by Crippen LogP contribution is -2.12. The Hall–Kier alpha value is -2.08. The molecule has 0 spiro atoms. The van der Waals surface area contributed by atoms with Gasteiger partial charge in [0.1, 0.15) is 0 Å². The van der Waals surface area contributed by atoms with Crippen LogP contribution in [0.5, 0.6) is 0 Å². The molecule has 126 valence electrons. The molecule has 0 aliphatic heterocycles. The number of hydrogen-bond donors (Lipinski definition) is 0. The zero-order valence-electron chi connectivity index (χ0n) is 15.0. The first-order chi connectivity index (χ1) is 12.3. The monoisotopic (exact) mass is 326 g/mol. The van der Waals surface area contributed by atoms with Gasteiger partial charge in [0.25, 0.3) is 0 Å². The number of benzene rings is 2. The number of rotatable bonds is 5. The van der Waals surface area contributed by atoms with Crippen LogP contribution in [0.2, 0.25) is 0 Å². The van der Waals surface area contributed by atoms with E-state index in [4.69, 9.17) is 0 Å². The molecule has 3 unspecified atom stereocenters. The zero-order chi connectivity index (χ0) is 16.8. The average Bonchev–Trinajstić information content (AvgIpc) is 3.11. The van der Waals surface area contributed by atoms with Crippen LogP contribution in [0.1, 0.15) is 73.1 Å². The lowest BCUT2D eigenvalue weighted by molar-refractivity contribution is 0.397. The minimum absolute atomic E-state index is 0.618. The van der Waals surface area contributed by atoms with Crippen LogP contribution in [-0.4, -0.2) is 0 Å². The molecule has 0 radical (unpaired) electrons. The lowest BCUT2D eigenvalue weighted by atomic mass is 9.77. The van der Waals surface area contributed by atoms with Gasteiger partial charge >= 0.3 is 0 Å². The first-order valence-electron chi connectivity index (χ1n) is 9.93. The normalized spacial score (nSPS) is 23.9. The van der Waals surface area contributed by atoms with Crippen LogP contribution < -0.4 is 0 Å². The second kappa shape index (κ2) is 6.02. The highest BCUT2D eigenvalue weighted by molar-refractivity contribution is 5.82. The molecule has 2 aromatic rings. The largest absolute Gasteiger partial charge is 0.0764 e. The van der Waals surface area contributed by atoms with Crippen LogP contribution in [-0.2, 0) is 0 Å². The van der Waals surface area contributed by atoms with E-state index in [1.807, 2.05) is 0 Å². The Kier molecular flexibility index (Phi) is 3.66. The van der Waals surface area contributed by atoms with Crippen LogP contribution in [0, 0.1) is 5.92 Å². The average molecular weight is 326 g/mol. The van der Waals surface area contributed by atoms with E-state index in [0.29, 0.717) is 11.8 Å². The molecular formula is C25H26. The summed E-state index contributed by atoms with van der Waals surface area (Å²) in [5, 5.41) is 0. The number of hydrogen-bond acceptors (Lipinski definition) is 0. The molecule has 0 saturated heterocycles. The molecule has 0 amide bonds. The van der Waals surface area contributed by atoms with Crippen molar-refractivity contribution in [2.24, 2.45) is 5.92 Å². The number of allylic oxidation sites excluding steroid dienone is 3. The maximum absolute atomic E-state index is 2.43. The first kappa shape index (κ1) is 15.2. The quantitative estimate of drug-likeness (QED) is 0.558. The van der Waals surface area contributed by atoms with Crippen molar-refractivity contribution in [3.63, 3.8) is 0 Å². The van der Waals surface area contributed by atoms with Crippen molar-refractivity contribution < 1.29 is 0 Å². The van der Waals surface area contributed by atoms with Gasteiger partial charge < -0.3 is 0 Å². The van der Waals surface area contributed by atoms with Gasteiger partial charge in [-0.3, -0.25) is 0 Å². The Labute approximate surface area is 151 Å². The third-order valence-electron chi connectivity index (χ3n) is 6.75. The molecule has 5 rings (SSSR count). The van der Waals surface area contributed by atoms with Crippen LogP contribution >= 0.6 is 0 Å². The van der Waals surface area contributed by atoms with Crippen LogP contribution in [0.4, 0.5) is 0 Å². The van der Waals surface area contributed by atoms with Gasteiger partial charge in [-0.05, 0) is 59.4 Å². The second-order valence-electron chi connectivity index (χ2n) is 7.98. The SMILES string of the molecule is CCC(CC1C=Cc2ccccc21)CC1C2=C(CC2)c2ccccc21. The predicted octanol–water partition coefficient (Wildman–Crippen LogP) is 6.95. The Bertz CT molecular complexity index is 867. The summed E-state index contributed by atoms with van der Waals surface area (Å²) in [6, 6.07) is 18.1. The van der Waals surface area contributed by atoms with Gasteiger partial charge in [0.15, 0.2) is 0 Å². The van der Waals surface area contributed by atoms with Gasteiger partial charge in [-0.25, -0.2) is 0 Å². The molecule has 0 fully saturated rings. The Morgan fingerprint density at radius 2 is 1.72 bits per heavy atom. The molecule has 2 aromatic carbocycles. The highest BCUT2D eigenvalue weighted by Gasteiger charge is 2.36. The molecule has 3 aliphatic rings. The van der Waals surface area contributed by atoms with E-state index in [9.17, 15) is 0 Å². The molecule has 25 heavy (non-hydrogen) atoms. The summed E-state index contributed by atoms with van der Waals surface area (Å²) in [4.78, 5) is 0. The molecule has 0 heteroatoms. The van der Waals surface area contributed by atoms with Crippen LogP contribution in [0.15, 0.2) is 60.2 Å². The fraction of sp³-hybridized carbons (Fsp3) is 0.360. The fourth-order valence-electron chi connectivity index (χ4n) is 5.27. The highest BCUT2D eigenvalue weighted by atomic mass is 14.4. The summed E-state index contributed by atoms with van der Waals surface area (Å²) in [7, 11) is 0. The van der Waals surface area contributed by atoms with Gasteiger partial charge in [-0.15, -0.1) is 0 Å². The highest BCUT2D eigenvalue weighted by Crippen LogP contribution is 2.55. The summed E-state index contributed by atoms with van der Waals surface area (Å²) in [6.07, 6.45) is 11.3.